The molecule has 5 nitrogen and oxygen atoms in total. The highest BCUT2D eigenvalue weighted by Crippen LogP contribution is 2.16. The van der Waals surface area contributed by atoms with Gasteiger partial charge < -0.3 is 10.6 Å². The van der Waals surface area contributed by atoms with Crippen LogP contribution in [-0.2, 0) is 9.59 Å². The van der Waals surface area contributed by atoms with E-state index in [0.717, 1.165) is 25.1 Å². The van der Waals surface area contributed by atoms with Crippen LogP contribution in [0.4, 0.5) is 0 Å². The number of carbonyl (C=O) groups is 2. The van der Waals surface area contributed by atoms with Crippen LogP contribution in [0, 0.1) is 5.92 Å². The van der Waals surface area contributed by atoms with E-state index in [0.29, 0.717) is 12.5 Å². The van der Waals surface area contributed by atoms with E-state index >= 15 is 0 Å². The van der Waals surface area contributed by atoms with Gasteiger partial charge >= 0.3 is 0 Å². The predicted molar refractivity (Wildman–Crippen MR) is 86.2 cm³/mol. The molecule has 0 radical (unpaired) electrons. The summed E-state index contributed by atoms with van der Waals surface area (Å²) in [6.07, 6.45) is 2.36. The summed E-state index contributed by atoms with van der Waals surface area (Å²) in [5.41, 5.74) is 0.794. The summed E-state index contributed by atoms with van der Waals surface area (Å²) in [7, 11) is 1.58. The molecule has 0 bridgehead atoms. The van der Waals surface area contributed by atoms with Crippen LogP contribution in [0.3, 0.4) is 0 Å². The number of hydrogen-bond acceptors (Lipinski definition) is 3. The Morgan fingerprint density at radius 3 is 2.68 bits per heavy atom. The maximum Gasteiger partial charge on any atom is 0.246 e. The van der Waals surface area contributed by atoms with Crippen LogP contribution in [-0.4, -0.2) is 43.4 Å². The number of likely N-dealkylation sites (N-methyl/N-ethyl adjacent to an activating group) is 1. The zero-order chi connectivity index (χ0) is 15.9. The minimum atomic E-state index is -0.638. The van der Waals surface area contributed by atoms with Crippen LogP contribution in [0.5, 0.6) is 0 Å². The molecular weight excluding hydrogens is 278 g/mol. The summed E-state index contributed by atoms with van der Waals surface area (Å²) < 4.78 is 0. The Labute approximate surface area is 132 Å². The largest absolute Gasteiger partial charge is 0.357 e. The SMILES string of the molecule is CNC(=O)C(NC(=O)CN1CCCC(C)C1)c1ccccc1. The smallest absolute Gasteiger partial charge is 0.246 e. The molecule has 22 heavy (non-hydrogen) atoms. The molecule has 1 aromatic rings. The summed E-state index contributed by atoms with van der Waals surface area (Å²) in [6.45, 7) is 4.46. The first-order valence-electron chi connectivity index (χ1n) is 7.88. The van der Waals surface area contributed by atoms with Crippen molar-refractivity contribution in [2.24, 2.45) is 5.92 Å². The minimum absolute atomic E-state index is 0.105. The summed E-state index contributed by atoms with van der Waals surface area (Å²) in [5, 5.41) is 5.47. The Kier molecular flexibility index (Phi) is 5.95. The molecule has 0 aromatic heterocycles. The van der Waals surface area contributed by atoms with Crippen molar-refractivity contribution in [1.82, 2.24) is 15.5 Å². The molecule has 2 amide bonds. The van der Waals surface area contributed by atoms with Gasteiger partial charge in [0.15, 0.2) is 0 Å². The lowest BCUT2D eigenvalue weighted by atomic mass is 10.0. The van der Waals surface area contributed by atoms with E-state index < -0.39 is 6.04 Å². The fourth-order valence-corrected chi connectivity index (χ4v) is 2.93. The molecule has 1 aromatic carbocycles. The Balaban J connectivity index is 1.98. The highest BCUT2D eigenvalue weighted by atomic mass is 16.2. The number of benzene rings is 1. The lowest BCUT2D eigenvalue weighted by Gasteiger charge is -2.30. The molecule has 1 heterocycles. The number of likely N-dealkylation sites (tertiary alicyclic amines) is 1. The molecule has 1 saturated heterocycles. The normalized spacial score (nSPS) is 20.2. The quantitative estimate of drug-likeness (QED) is 0.862. The fourth-order valence-electron chi connectivity index (χ4n) is 2.93. The van der Waals surface area contributed by atoms with Crippen molar-refractivity contribution >= 4 is 11.8 Å². The molecule has 1 aliphatic rings. The third-order valence-corrected chi connectivity index (χ3v) is 4.06. The van der Waals surface area contributed by atoms with Gasteiger partial charge in [-0.05, 0) is 30.9 Å². The van der Waals surface area contributed by atoms with E-state index in [4.69, 9.17) is 0 Å². The third-order valence-electron chi connectivity index (χ3n) is 4.06. The van der Waals surface area contributed by atoms with Gasteiger partial charge in [0.25, 0.3) is 0 Å². The van der Waals surface area contributed by atoms with Crippen molar-refractivity contribution in [3.8, 4) is 0 Å². The van der Waals surface area contributed by atoms with Crippen molar-refractivity contribution in [2.75, 3.05) is 26.7 Å². The summed E-state index contributed by atoms with van der Waals surface area (Å²) in [5.74, 6) is 0.323. The average Bonchev–Trinajstić information content (AvgIpc) is 2.53. The Morgan fingerprint density at radius 1 is 1.32 bits per heavy atom. The van der Waals surface area contributed by atoms with Gasteiger partial charge in [0.1, 0.15) is 6.04 Å². The number of hydrogen-bond donors (Lipinski definition) is 2. The second kappa shape index (κ2) is 7.94. The van der Waals surface area contributed by atoms with Crippen molar-refractivity contribution in [3.05, 3.63) is 35.9 Å². The van der Waals surface area contributed by atoms with Gasteiger partial charge in [-0.3, -0.25) is 14.5 Å². The van der Waals surface area contributed by atoms with Crippen LogP contribution in [0.2, 0.25) is 0 Å². The lowest BCUT2D eigenvalue weighted by Crippen LogP contribution is -2.45. The maximum atomic E-state index is 12.3. The molecule has 2 unspecified atom stereocenters. The number of piperidine rings is 1. The second-order valence-corrected chi connectivity index (χ2v) is 6.01. The molecule has 0 aliphatic carbocycles. The predicted octanol–water partition coefficient (Wildman–Crippen LogP) is 1.32. The Hall–Kier alpha value is -1.88. The van der Waals surface area contributed by atoms with Crippen molar-refractivity contribution in [2.45, 2.75) is 25.8 Å². The van der Waals surface area contributed by atoms with Crippen molar-refractivity contribution in [3.63, 3.8) is 0 Å². The van der Waals surface area contributed by atoms with Gasteiger partial charge in [-0.25, -0.2) is 0 Å². The molecule has 2 rings (SSSR count). The topological polar surface area (TPSA) is 61.4 Å². The number of nitrogens with one attached hydrogen (secondary N) is 2. The van der Waals surface area contributed by atoms with Gasteiger partial charge in [-0.2, -0.15) is 0 Å². The summed E-state index contributed by atoms with van der Waals surface area (Å²) in [6, 6.07) is 8.68. The van der Waals surface area contributed by atoms with E-state index in [1.165, 1.54) is 6.42 Å². The number of rotatable bonds is 5. The molecular formula is C17H25N3O2. The first-order chi connectivity index (χ1) is 10.6. The number of amides is 2. The molecule has 2 N–H and O–H groups in total. The monoisotopic (exact) mass is 303 g/mol. The lowest BCUT2D eigenvalue weighted by molar-refractivity contribution is -0.129. The van der Waals surface area contributed by atoms with E-state index in [9.17, 15) is 9.59 Å². The van der Waals surface area contributed by atoms with E-state index in [1.807, 2.05) is 30.3 Å². The highest BCUT2D eigenvalue weighted by Gasteiger charge is 2.24. The number of carbonyl (C=O) groups excluding carboxylic acids is 2. The van der Waals surface area contributed by atoms with E-state index in [2.05, 4.69) is 22.5 Å². The zero-order valence-electron chi connectivity index (χ0n) is 13.3. The second-order valence-electron chi connectivity index (χ2n) is 6.01. The minimum Gasteiger partial charge on any atom is -0.357 e. The fraction of sp³-hybridized carbons (Fsp3) is 0.529. The number of nitrogens with zero attached hydrogens (tertiary/aromatic N) is 1. The average molecular weight is 303 g/mol. The molecule has 1 aliphatic heterocycles. The first-order valence-corrected chi connectivity index (χ1v) is 7.88. The Bertz CT molecular complexity index is 504. The molecule has 1 fully saturated rings. The van der Waals surface area contributed by atoms with Gasteiger partial charge in [-0.1, -0.05) is 37.3 Å². The standard InChI is InChI=1S/C17H25N3O2/c1-13-7-6-10-20(11-13)12-15(21)19-16(17(22)18-2)14-8-4-3-5-9-14/h3-5,8-9,13,16H,6-7,10-12H2,1-2H3,(H,18,22)(H,19,21). The summed E-state index contributed by atoms with van der Waals surface area (Å²) in [4.78, 5) is 26.5. The Morgan fingerprint density at radius 2 is 2.05 bits per heavy atom. The van der Waals surface area contributed by atoms with Crippen molar-refractivity contribution < 1.29 is 9.59 Å². The highest BCUT2D eigenvalue weighted by molar-refractivity contribution is 5.89. The van der Waals surface area contributed by atoms with Crippen LogP contribution in [0.25, 0.3) is 0 Å². The zero-order valence-corrected chi connectivity index (χ0v) is 13.3. The van der Waals surface area contributed by atoms with Crippen LogP contribution >= 0.6 is 0 Å². The molecule has 0 saturated carbocycles. The van der Waals surface area contributed by atoms with Gasteiger partial charge in [0.05, 0.1) is 6.54 Å². The molecule has 120 valence electrons. The molecule has 0 spiro atoms. The van der Waals surface area contributed by atoms with E-state index in [-0.39, 0.29) is 11.8 Å². The van der Waals surface area contributed by atoms with Crippen LogP contribution in [0.15, 0.2) is 30.3 Å². The molecule has 2 atom stereocenters. The van der Waals surface area contributed by atoms with E-state index in [1.54, 1.807) is 7.05 Å². The van der Waals surface area contributed by atoms with Gasteiger partial charge in [-0.15, -0.1) is 0 Å². The third kappa shape index (κ3) is 4.56. The van der Waals surface area contributed by atoms with Gasteiger partial charge in [0.2, 0.25) is 11.8 Å². The first kappa shape index (κ1) is 16.5. The van der Waals surface area contributed by atoms with Crippen LogP contribution in [0.1, 0.15) is 31.4 Å². The summed E-state index contributed by atoms with van der Waals surface area (Å²) >= 11 is 0. The maximum absolute atomic E-state index is 12.3. The van der Waals surface area contributed by atoms with Gasteiger partial charge in [0, 0.05) is 13.6 Å². The van der Waals surface area contributed by atoms with Crippen LogP contribution < -0.4 is 10.6 Å². The molecule has 5 heteroatoms. The van der Waals surface area contributed by atoms with Crippen molar-refractivity contribution in [1.29, 1.82) is 0 Å².